The van der Waals surface area contributed by atoms with E-state index in [4.69, 9.17) is 14.2 Å². The summed E-state index contributed by atoms with van der Waals surface area (Å²) in [4.78, 5) is 52.8. The lowest BCUT2D eigenvalue weighted by molar-refractivity contribution is -0.145. The van der Waals surface area contributed by atoms with Crippen LogP contribution in [-0.4, -0.2) is 80.3 Å². The van der Waals surface area contributed by atoms with E-state index in [-0.39, 0.29) is 22.9 Å². The average molecular weight is 628 g/mol. The predicted molar refractivity (Wildman–Crippen MR) is 170 cm³/mol. The van der Waals surface area contributed by atoms with Crippen molar-refractivity contribution in [2.45, 2.75) is 51.1 Å². The zero-order valence-corrected chi connectivity index (χ0v) is 26.7. The summed E-state index contributed by atoms with van der Waals surface area (Å²) >= 11 is 1.60. The Labute approximate surface area is 261 Å². The molecule has 2 aliphatic rings. The Bertz CT molecular complexity index is 1460. The minimum Gasteiger partial charge on any atom is -0.493 e. The summed E-state index contributed by atoms with van der Waals surface area (Å²) in [6, 6.07) is 5.79. The predicted octanol–water partition coefficient (Wildman–Crippen LogP) is 3.72. The maximum absolute atomic E-state index is 13.8. The van der Waals surface area contributed by atoms with Gasteiger partial charge in [0.15, 0.2) is 11.5 Å². The monoisotopic (exact) mass is 627 g/mol. The molecule has 0 bridgehead atoms. The lowest BCUT2D eigenvalue weighted by Gasteiger charge is -2.33. The molecule has 238 valence electrons. The van der Waals surface area contributed by atoms with Crippen LogP contribution in [0.5, 0.6) is 17.2 Å². The average Bonchev–Trinajstić information content (AvgIpc) is 3.26. The molecule has 2 atom stereocenters. The number of aryl methyl sites for hydroxylation is 1. The SMILES string of the molecule is COc1cc2c(c(OC)c1OC)-c1ccc(NC(CCSC)C(=O)N3CCC(C(=O)O)CC3)c(=O)cc1C(NC(C)=O)CC2. The van der Waals surface area contributed by atoms with Gasteiger partial charge < -0.3 is 34.9 Å². The number of aliphatic carboxylic acids is 1. The molecule has 12 heteroatoms. The molecular formula is C32H41N3O8S. The van der Waals surface area contributed by atoms with Crippen LogP contribution < -0.4 is 30.3 Å². The number of ether oxygens (including phenoxy) is 3. The van der Waals surface area contributed by atoms with Gasteiger partial charge in [0.1, 0.15) is 6.04 Å². The first-order chi connectivity index (χ1) is 21.1. The van der Waals surface area contributed by atoms with Crippen LogP contribution in [-0.2, 0) is 20.8 Å². The molecule has 11 nitrogen and oxygen atoms in total. The summed E-state index contributed by atoms with van der Waals surface area (Å²) in [5.74, 6) is 0.400. The minimum atomic E-state index is -0.839. The van der Waals surface area contributed by atoms with Gasteiger partial charge in [0.05, 0.1) is 39.0 Å². The lowest BCUT2D eigenvalue weighted by Crippen LogP contribution is -2.47. The number of likely N-dealkylation sites (tertiary alicyclic amines) is 1. The Morgan fingerprint density at radius 3 is 2.34 bits per heavy atom. The van der Waals surface area contributed by atoms with Gasteiger partial charge in [-0.05, 0) is 79.0 Å². The van der Waals surface area contributed by atoms with Gasteiger partial charge in [0.2, 0.25) is 23.0 Å². The first kappa shape index (κ1) is 33.0. The molecular weight excluding hydrogens is 586 g/mol. The Morgan fingerprint density at radius 1 is 1.05 bits per heavy atom. The number of hydrogen-bond donors (Lipinski definition) is 3. The number of anilines is 1. The maximum atomic E-state index is 13.8. The van der Waals surface area contributed by atoms with Gasteiger partial charge in [0.25, 0.3) is 0 Å². The quantitative estimate of drug-likeness (QED) is 0.337. The van der Waals surface area contributed by atoms with Crippen LogP contribution in [0, 0.1) is 5.92 Å². The van der Waals surface area contributed by atoms with Gasteiger partial charge in [-0.2, -0.15) is 11.8 Å². The second kappa shape index (κ2) is 14.7. The fourth-order valence-electron chi connectivity index (χ4n) is 6.07. The van der Waals surface area contributed by atoms with Crippen molar-refractivity contribution in [3.05, 3.63) is 45.6 Å². The van der Waals surface area contributed by atoms with Crippen LogP contribution in [0.25, 0.3) is 11.1 Å². The Morgan fingerprint density at radius 2 is 1.75 bits per heavy atom. The van der Waals surface area contributed by atoms with Gasteiger partial charge in [-0.25, -0.2) is 0 Å². The number of amides is 2. The third-order valence-corrected chi connectivity index (χ3v) is 8.95. The van der Waals surface area contributed by atoms with Crippen molar-refractivity contribution in [1.82, 2.24) is 10.2 Å². The third-order valence-electron chi connectivity index (χ3n) is 8.31. The molecule has 3 N–H and O–H groups in total. The minimum absolute atomic E-state index is 0.157. The number of thioether (sulfide) groups is 1. The van der Waals surface area contributed by atoms with Gasteiger partial charge in [-0.15, -0.1) is 0 Å². The summed E-state index contributed by atoms with van der Waals surface area (Å²) in [6.45, 7) is 2.16. The standard InChI is InChI=1S/C32H41N3O8S/c1-18(36)33-23-8-6-20-16-27(41-2)29(42-3)30(43-4)28(20)21-7-9-24(26(37)17-22(21)23)34-25(12-15-44-5)31(38)35-13-10-19(11-14-35)32(39)40/h7,9,16-17,19,23,25H,6,8,10-15H2,1-5H3,(H,33,36)(H,34,37)(H,39,40). The molecule has 1 aliphatic heterocycles. The number of nitrogens with zero attached hydrogens (tertiary/aromatic N) is 1. The molecule has 2 unspecified atom stereocenters. The van der Waals surface area contributed by atoms with Gasteiger partial charge in [-0.3, -0.25) is 19.2 Å². The molecule has 1 fully saturated rings. The van der Waals surface area contributed by atoms with Crippen LogP contribution in [0.2, 0.25) is 0 Å². The number of nitrogens with one attached hydrogen (secondary N) is 2. The van der Waals surface area contributed by atoms with E-state index in [0.717, 1.165) is 11.1 Å². The fraction of sp³-hybridized carbons (Fsp3) is 0.500. The highest BCUT2D eigenvalue weighted by Gasteiger charge is 2.32. The molecule has 2 amide bonds. The number of fused-ring (bicyclic) bond motifs is 3. The first-order valence-electron chi connectivity index (χ1n) is 14.7. The highest BCUT2D eigenvalue weighted by Crippen LogP contribution is 2.50. The van der Waals surface area contributed by atoms with Crippen LogP contribution in [0.3, 0.4) is 0 Å². The van der Waals surface area contributed by atoms with Crippen LogP contribution >= 0.6 is 11.8 Å². The lowest BCUT2D eigenvalue weighted by atomic mass is 9.95. The number of rotatable bonds is 11. The van der Waals surface area contributed by atoms with Crippen molar-refractivity contribution in [1.29, 1.82) is 0 Å². The molecule has 0 radical (unpaired) electrons. The molecule has 0 saturated carbocycles. The van der Waals surface area contributed by atoms with E-state index in [1.165, 1.54) is 20.1 Å². The molecule has 1 saturated heterocycles. The number of carboxylic acids is 1. The molecule has 4 rings (SSSR count). The van der Waals surface area contributed by atoms with Crippen molar-refractivity contribution in [2.75, 3.05) is 51.7 Å². The normalized spacial score (nSPS) is 16.9. The number of benzene rings is 1. The molecule has 1 heterocycles. The third kappa shape index (κ3) is 7.06. The fourth-order valence-corrected chi connectivity index (χ4v) is 6.55. The van der Waals surface area contributed by atoms with E-state index in [1.54, 1.807) is 36.9 Å². The van der Waals surface area contributed by atoms with Crippen molar-refractivity contribution in [2.24, 2.45) is 5.92 Å². The van der Waals surface area contributed by atoms with E-state index in [1.807, 2.05) is 18.4 Å². The van der Waals surface area contributed by atoms with E-state index in [9.17, 15) is 24.3 Å². The number of hydrogen-bond acceptors (Lipinski definition) is 9. The summed E-state index contributed by atoms with van der Waals surface area (Å²) in [6.07, 6.45) is 4.35. The molecule has 2 aromatic rings. The summed E-state index contributed by atoms with van der Waals surface area (Å²) in [5.41, 5.74) is 2.91. The molecule has 1 aliphatic carbocycles. The van der Waals surface area contributed by atoms with Gasteiger partial charge >= 0.3 is 5.97 Å². The summed E-state index contributed by atoms with van der Waals surface area (Å²) in [7, 11) is 4.63. The van der Waals surface area contributed by atoms with E-state index in [2.05, 4.69) is 10.6 Å². The molecule has 2 aromatic carbocycles. The van der Waals surface area contributed by atoms with Crippen molar-refractivity contribution < 1.29 is 33.7 Å². The van der Waals surface area contributed by atoms with Crippen LogP contribution in [0.4, 0.5) is 5.69 Å². The Balaban J connectivity index is 1.80. The number of carbonyl (C=O) groups is 3. The van der Waals surface area contributed by atoms with E-state index < -0.39 is 24.0 Å². The van der Waals surface area contributed by atoms with Gasteiger partial charge in [-0.1, -0.05) is 6.07 Å². The molecule has 44 heavy (non-hydrogen) atoms. The number of piperidine rings is 1. The number of carbonyl (C=O) groups excluding carboxylic acids is 2. The first-order valence-corrected chi connectivity index (χ1v) is 16.1. The second-order valence-corrected chi connectivity index (χ2v) is 12.0. The zero-order chi connectivity index (χ0) is 32.0. The molecule has 0 aromatic heterocycles. The van der Waals surface area contributed by atoms with Crippen molar-refractivity contribution in [3.63, 3.8) is 0 Å². The smallest absolute Gasteiger partial charge is 0.306 e. The van der Waals surface area contributed by atoms with Crippen LogP contribution in [0.1, 0.15) is 49.8 Å². The highest BCUT2D eigenvalue weighted by atomic mass is 32.2. The van der Waals surface area contributed by atoms with Crippen LogP contribution in [0.15, 0.2) is 29.1 Å². The topological polar surface area (TPSA) is 144 Å². The summed E-state index contributed by atoms with van der Waals surface area (Å²) < 4.78 is 17.1. The Hall–Kier alpha value is -3.93. The van der Waals surface area contributed by atoms with Crippen molar-refractivity contribution >= 4 is 35.2 Å². The largest absolute Gasteiger partial charge is 0.493 e. The van der Waals surface area contributed by atoms with E-state index in [0.29, 0.717) is 79.3 Å². The summed E-state index contributed by atoms with van der Waals surface area (Å²) in [5, 5.41) is 15.6. The van der Waals surface area contributed by atoms with Crippen molar-refractivity contribution in [3.8, 4) is 28.4 Å². The maximum Gasteiger partial charge on any atom is 0.306 e. The number of carboxylic acid groups (broad SMARTS) is 1. The number of methoxy groups -OCH3 is 3. The van der Waals surface area contributed by atoms with Gasteiger partial charge in [0, 0.05) is 25.6 Å². The second-order valence-electron chi connectivity index (χ2n) is 11.0. The molecule has 0 spiro atoms. The Kier molecular flexibility index (Phi) is 11.0. The zero-order valence-electron chi connectivity index (χ0n) is 25.9. The highest BCUT2D eigenvalue weighted by molar-refractivity contribution is 7.98. The van der Waals surface area contributed by atoms with E-state index >= 15 is 0 Å².